The second-order valence-electron chi connectivity index (χ2n) is 6.55. The predicted octanol–water partition coefficient (Wildman–Crippen LogP) is 1.18. The van der Waals surface area contributed by atoms with Gasteiger partial charge in [-0.1, -0.05) is 0 Å². The third-order valence-electron chi connectivity index (χ3n) is 4.36. The van der Waals surface area contributed by atoms with E-state index in [-0.39, 0.29) is 30.2 Å². The minimum absolute atomic E-state index is 0.0998. The molecule has 1 aliphatic rings. The molecular formula is C18H22FN3O5. The molecule has 1 aliphatic heterocycles. The molecule has 1 unspecified atom stereocenters. The Kier molecular flexibility index (Phi) is 6.49. The maximum absolute atomic E-state index is 14.0. The van der Waals surface area contributed by atoms with Crippen LogP contribution < -0.4 is 5.32 Å². The number of hydrogen-bond donors (Lipinski definition) is 2. The van der Waals surface area contributed by atoms with Gasteiger partial charge < -0.3 is 20.2 Å². The van der Waals surface area contributed by atoms with Crippen LogP contribution in [0.15, 0.2) is 18.2 Å². The van der Waals surface area contributed by atoms with Crippen molar-refractivity contribution < 1.29 is 28.7 Å². The quantitative estimate of drug-likeness (QED) is 0.799. The number of benzene rings is 1. The number of nitrogens with one attached hydrogen (secondary N) is 1. The monoisotopic (exact) mass is 379 g/mol. The summed E-state index contributed by atoms with van der Waals surface area (Å²) >= 11 is 0. The molecule has 0 bridgehead atoms. The average molecular weight is 379 g/mol. The lowest BCUT2D eigenvalue weighted by Crippen LogP contribution is -2.47. The van der Waals surface area contributed by atoms with Crippen molar-refractivity contribution in [3.63, 3.8) is 0 Å². The van der Waals surface area contributed by atoms with Gasteiger partial charge in [0.25, 0.3) is 5.91 Å². The molecule has 9 heteroatoms. The van der Waals surface area contributed by atoms with Crippen molar-refractivity contribution >= 4 is 29.4 Å². The molecule has 1 fully saturated rings. The number of piperidine rings is 1. The van der Waals surface area contributed by atoms with Crippen LogP contribution in [0.4, 0.5) is 10.1 Å². The van der Waals surface area contributed by atoms with Gasteiger partial charge >= 0.3 is 5.97 Å². The smallest absolute Gasteiger partial charge is 0.308 e. The first-order valence-electron chi connectivity index (χ1n) is 8.52. The Morgan fingerprint density at radius 3 is 2.67 bits per heavy atom. The molecule has 8 nitrogen and oxygen atoms in total. The van der Waals surface area contributed by atoms with Crippen LogP contribution in [-0.4, -0.2) is 65.3 Å². The number of hydrogen-bond acceptors (Lipinski definition) is 4. The molecule has 0 aliphatic carbocycles. The van der Waals surface area contributed by atoms with E-state index in [1.165, 1.54) is 31.0 Å². The standard InChI is InChI=1S/C18H22FN3O5/c1-11(23)20-13-5-6-15(19)14(8-13)17(25)21(2)10-16(24)22-7-3-4-12(9-22)18(26)27/h5-6,8,12H,3-4,7,9-10H2,1-2H3,(H,20,23)(H,26,27). The molecule has 146 valence electrons. The first-order chi connectivity index (χ1) is 12.7. The highest BCUT2D eigenvalue weighted by atomic mass is 19.1. The van der Waals surface area contributed by atoms with Gasteiger partial charge in [-0.3, -0.25) is 19.2 Å². The van der Waals surface area contributed by atoms with E-state index >= 15 is 0 Å². The highest BCUT2D eigenvalue weighted by molar-refractivity contribution is 5.98. The topological polar surface area (TPSA) is 107 Å². The molecule has 1 saturated heterocycles. The Hall–Kier alpha value is -2.97. The van der Waals surface area contributed by atoms with Crippen molar-refractivity contribution in [1.82, 2.24) is 9.80 Å². The molecule has 1 heterocycles. The van der Waals surface area contributed by atoms with Gasteiger partial charge in [0, 0.05) is 32.7 Å². The molecule has 1 aromatic rings. The highest BCUT2D eigenvalue weighted by Gasteiger charge is 2.29. The van der Waals surface area contributed by atoms with Gasteiger partial charge in [-0.15, -0.1) is 0 Å². The van der Waals surface area contributed by atoms with Crippen molar-refractivity contribution in [2.75, 3.05) is 32.0 Å². The van der Waals surface area contributed by atoms with Crippen LogP contribution in [0.3, 0.4) is 0 Å². The van der Waals surface area contributed by atoms with E-state index in [9.17, 15) is 23.6 Å². The lowest BCUT2D eigenvalue weighted by molar-refractivity contribution is -0.145. The molecule has 3 amide bonds. The van der Waals surface area contributed by atoms with Gasteiger partial charge in [0.05, 0.1) is 18.0 Å². The number of rotatable bonds is 5. The molecule has 0 spiro atoms. The van der Waals surface area contributed by atoms with E-state index in [0.29, 0.717) is 19.4 Å². The number of carboxylic acids is 1. The summed E-state index contributed by atoms with van der Waals surface area (Å²) in [5, 5.41) is 11.6. The fourth-order valence-electron chi connectivity index (χ4n) is 2.96. The SMILES string of the molecule is CC(=O)Nc1ccc(F)c(C(=O)N(C)CC(=O)N2CCCC(C(=O)O)C2)c1. The molecule has 0 aromatic heterocycles. The molecule has 1 aromatic carbocycles. The fraction of sp³-hybridized carbons (Fsp3) is 0.444. The number of carbonyl (C=O) groups excluding carboxylic acids is 3. The normalized spacial score (nSPS) is 16.6. The van der Waals surface area contributed by atoms with Crippen molar-refractivity contribution in [3.8, 4) is 0 Å². The second-order valence-corrected chi connectivity index (χ2v) is 6.55. The maximum atomic E-state index is 14.0. The number of nitrogens with zero attached hydrogens (tertiary/aromatic N) is 2. The summed E-state index contributed by atoms with van der Waals surface area (Å²) in [5.41, 5.74) is 0.00548. The first kappa shape index (κ1) is 20.3. The largest absolute Gasteiger partial charge is 0.481 e. The van der Waals surface area contributed by atoms with Crippen LogP contribution in [0.25, 0.3) is 0 Å². The van der Waals surface area contributed by atoms with Gasteiger partial charge in [0.15, 0.2) is 0 Å². The van der Waals surface area contributed by atoms with Crippen molar-refractivity contribution in [3.05, 3.63) is 29.6 Å². The zero-order valence-corrected chi connectivity index (χ0v) is 15.2. The van der Waals surface area contributed by atoms with Gasteiger partial charge in [-0.25, -0.2) is 4.39 Å². The van der Waals surface area contributed by atoms with Crippen LogP contribution in [0.5, 0.6) is 0 Å². The summed E-state index contributed by atoms with van der Waals surface area (Å²) < 4.78 is 14.0. The molecule has 2 N–H and O–H groups in total. The number of likely N-dealkylation sites (tertiary alicyclic amines) is 1. The Balaban J connectivity index is 2.05. The zero-order chi connectivity index (χ0) is 20.1. The molecular weight excluding hydrogens is 357 g/mol. The highest BCUT2D eigenvalue weighted by Crippen LogP contribution is 2.19. The van der Waals surface area contributed by atoms with Gasteiger partial charge in [0.1, 0.15) is 5.82 Å². The van der Waals surface area contributed by atoms with Crippen LogP contribution in [-0.2, 0) is 14.4 Å². The minimum atomic E-state index is -0.950. The molecule has 0 radical (unpaired) electrons. The van der Waals surface area contributed by atoms with E-state index in [0.717, 1.165) is 11.0 Å². The lowest BCUT2D eigenvalue weighted by Gasteiger charge is -2.32. The number of carboxylic acid groups (broad SMARTS) is 1. The summed E-state index contributed by atoms with van der Waals surface area (Å²) in [4.78, 5) is 49.6. The number of aliphatic carboxylic acids is 1. The van der Waals surface area contributed by atoms with E-state index in [1.54, 1.807) is 0 Å². The second kappa shape index (κ2) is 8.61. The molecule has 2 rings (SSSR count). The number of anilines is 1. The van der Waals surface area contributed by atoms with Crippen molar-refractivity contribution in [2.45, 2.75) is 19.8 Å². The summed E-state index contributed by atoms with van der Waals surface area (Å²) in [6.45, 7) is 1.52. The number of carbonyl (C=O) groups is 4. The summed E-state index contributed by atoms with van der Waals surface area (Å²) in [5.74, 6) is -3.79. The zero-order valence-electron chi connectivity index (χ0n) is 15.2. The summed E-state index contributed by atoms with van der Waals surface area (Å²) in [6, 6.07) is 3.61. The Bertz CT molecular complexity index is 767. The molecule has 27 heavy (non-hydrogen) atoms. The molecule has 0 saturated carbocycles. The average Bonchev–Trinajstić information content (AvgIpc) is 2.62. The minimum Gasteiger partial charge on any atom is -0.481 e. The number of likely N-dealkylation sites (N-methyl/N-ethyl adjacent to an activating group) is 1. The van der Waals surface area contributed by atoms with Crippen LogP contribution in [0, 0.1) is 11.7 Å². The number of halogens is 1. The Morgan fingerprint density at radius 2 is 2.04 bits per heavy atom. The predicted molar refractivity (Wildman–Crippen MR) is 94.6 cm³/mol. The third kappa shape index (κ3) is 5.25. The maximum Gasteiger partial charge on any atom is 0.308 e. The van der Waals surface area contributed by atoms with Crippen molar-refractivity contribution in [1.29, 1.82) is 0 Å². The Morgan fingerprint density at radius 1 is 1.33 bits per heavy atom. The first-order valence-corrected chi connectivity index (χ1v) is 8.52. The van der Waals surface area contributed by atoms with E-state index in [1.807, 2.05) is 0 Å². The molecule has 1 atom stereocenters. The van der Waals surface area contributed by atoms with Crippen LogP contribution in [0.2, 0.25) is 0 Å². The van der Waals surface area contributed by atoms with E-state index < -0.39 is 29.5 Å². The van der Waals surface area contributed by atoms with Gasteiger partial charge in [-0.05, 0) is 31.0 Å². The van der Waals surface area contributed by atoms with Crippen molar-refractivity contribution in [2.24, 2.45) is 5.92 Å². The Labute approximate surface area is 155 Å². The van der Waals surface area contributed by atoms with Gasteiger partial charge in [0.2, 0.25) is 11.8 Å². The summed E-state index contributed by atoms with van der Waals surface area (Å²) in [7, 11) is 1.36. The van der Waals surface area contributed by atoms with Gasteiger partial charge in [-0.2, -0.15) is 0 Å². The lowest BCUT2D eigenvalue weighted by atomic mass is 9.98. The van der Waals surface area contributed by atoms with Crippen LogP contribution in [0.1, 0.15) is 30.1 Å². The number of amides is 3. The van der Waals surface area contributed by atoms with E-state index in [4.69, 9.17) is 5.11 Å². The third-order valence-corrected chi connectivity index (χ3v) is 4.36. The van der Waals surface area contributed by atoms with Crippen LogP contribution >= 0.6 is 0 Å². The van der Waals surface area contributed by atoms with E-state index in [2.05, 4.69) is 5.32 Å². The fourth-order valence-corrected chi connectivity index (χ4v) is 2.96. The summed E-state index contributed by atoms with van der Waals surface area (Å²) in [6.07, 6.45) is 1.09.